The van der Waals surface area contributed by atoms with E-state index >= 15 is 0 Å². The van der Waals surface area contributed by atoms with E-state index in [2.05, 4.69) is 62.4 Å². The number of nitrogens with zero attached hydrogens (tertiary/aromatic N) is 2. The fourth-order valence-corrected chi connectivity index (χ4v) is 4.08. The van der Waals surface area contributed by atoms with Crippen LogP contribution in [0.4, 0.5) is 11.4 Å². The molecule has 0 radical (unpaired) electrons. The summed E-state index contributed by atoms with van der Waals surface area (Å²) in [6, 6.07) is 17.2. The van der Waals surface area contributed by atoms with E-state index in [0.29, 0.717) is 5.96 Å². The third-order valence-corrected chi connectivity index (χ3v) is 5.79. The number of rotatable bonds is 2. The summed E-state index contributed by atoms with van der Waals surface area (Å²) >= 11 is 0. The van der Waals surface area contributed by atoms with Gasteiger partial charge in [0.05, 0.1) is 5.69 Å². The first-order valence-corrected chi connectivity index (χ1v) is 9.14. The number of aryl methyl sites for hydroxylation is 3. The highest BCUT2D eigenvalue weighted by molar-refractivity contribution is 6.11. The molecule has 3 aromatic carbocycles. The molecular weight excluding hydrogens is 318 g/mol. The molecule has 26 heavy (non-hydrogen) atoms. The van der Waals surface area contributed by atoms with Gasteiger partial charge in [-0.3, -0.25) is 5.41 Å². The third kappa shape index (κ3) is 2.47. The zero-order chi connectivity index (χ0) is 18.4. The Hall–Kier alpha value is -2.81. The molecule has 3 heteroatoms. The Labute approximate surface area is 155 Å². The minimum absolute atomic E-state index is 0.470. The normalized spacial score (nSPS) is 12.5. The number of hydrogen-bond acceptors (Lipinski definition) is 1. The van der Waals surface area contributed by atoms with Crippen molar-refractivity contribution >= 4 is 28.1 Å². The van der Waals surface area contributed by atoms with Crippen molar-refractivity contribution in [3.63, 3.8) is 0 Å². The van der Waals surface area contributed by atoms with E-state index in [4.69, 9.17) is 5.41 Å². The molecule has 1 aliphatic rings. The van der Waals surface area contributed by atoms with E-state index in [9.17, 15) is 0 Å². The van der Waals surface area contributed by atoms with Gasteiger partial charge in [-0.05, 0) is 66.5 Å². The van der Waals surface area contributed by atoms with Crippen molar-refractivity contribution in [1.29, 1.82) is 5.41 Å². The Morgan fingerprint density at radius 1 is 0.808 bits per heavy atom. The van der Waals surface area contributed by atoms with Crippen molar-refractivity contribution in [3.05, 3.63) is 70.8 Å². The van der Waals surface area contributed by atoms with E-state index in [1.54, 1.807) is 0 Å². The number of benzene rings is 3. The van der Waals surface area contributed by atoms with Gasteiger partial charge >= 0.3 is 0 Å². The van der Waals surface area contributed by atoms with E-state index in [-0.39, 0.29) is 0 Å². The van der Waals surface area contributed by atoms with Crippen LogP contribution in [-0.2, 0) is 12.8 Å². The summed E-state index contributed by atoms with van der Waals surface area (Å²) in [5.41, 5.74) is 7.50. The molecule has 0 spiro atoms. The second kappa shape index (κ2) is 6.17. The van der Waals surface area contributed by atoms with Gasteiger partial charge in [0.2, 0.25) is 5.96 Å². The average molecular weight is 343 g/mol. The first-order valence-electron chi connectivity index (χ1n) is 9.14. The molecule has 0 aliphatic heterocycles. The molecule has 132 valence electrons. The second-order valence-electron chi connectivity index (χ2n) is 7.24. The highest BCUT2D eigenvalue weighted by Crippen LogP contribution is 2.36. The molecule has 0 unspecified atom stereocenters. The Balaban J connectivity index is 1.74. The summed E-state index contributed by atoms with van der Waals surface area (Å²) in [4.78, 5) is 3.95. The quantitative estimate of drug-likeness (QED) is 0.520. The summed E-state index contributed by atoms with van der Waals surface area (Å²) in [6.45, 7) is 4.23. The van der Waals surface area contributed by atoms with Crippen LogP contribution in [0.15, 0.2) is 48.5 Å². The summed E-state index contributed by atoms with van der Waals surface area (Å²) in [5.74, 6) is 0.470. The lowest BCUT2D eigenvalue weighted by Crippen LogP contribution is -2.40. The highest BCUT2D eigenvalue weighted by Gasteiger charge is 2.21. The minimum atomic E-state index is 0.470. The van der Waals surface area contributed by atoms with Crippen molar-refractivity contribution < 1.29 is 0 Å². The molecule has 0 aromatic heterocycles. The number of hydrogen-bond donors (Lipinski definition) is 1. The predicted molar refractivity (Wildman–Crippen MR) is 112 cm³/mol. The Kier molecular flexibility index (Phi) is 3.95. The maximum Gasteiger partial charge on any atom is 0.202 e. The lowest BCUT2D eigenvalue weighted by atomic mass is 10.0. The van der Waals surface area contributed by atoms with E-state index < -0.39 is 0 Å². The molecule has 0 saturated heterocycles. The van der Waals surface area contributed by atoms with Crippen molar-refractivity contribution in [1.82, 2.24) is 0 Å². The van der Waals surface area contributed by atoms with Crippen molar-refractivity contribution in [2.75, 3.05) is 23.9 Å². The van der Waals surface area contributed by atoms with Gasteiger partial charge in [-0.1, -0.05) is 36.4 Å². The molecule has 0 saturated carbocycles. The number of guanidine groups is 1. The van der Waals surface area contributed by atoms with E-state index in [0.717, 1.165) is 24.2 Å². The highest BCUT2D eigenvalue weighted by atomic mass is 15.3. The van der Waals surface area contributed by atoms with Crippen LogP contribution in [0.25, 0.3) is 10.8 Å². The number of anilines is 2. The van der Waals surface area contributed by atoms with Crippen molar-refractivity contribution in [2.45, 2.75) is 26.7 Å². The van der Waals surface area contributed by atoms with Crippen LogP contribution in [0.2, 0.25) is 0 Å². The van der Waals surface area contributed by atoms with Gasteiger partial charge in [-0.2, -0.15) is 0 Å². The molecule has 0 bridgehead atoms. The molecule has 0 fully saturated rings. The fourth-order valence-electron chi connectivity index (χ4n) is 4.08. The van der Waals surface area contributed by atoms with Gasteiger partial charge < -0.3 is 9.80 Å². The molecule has 1 aliphatic carbocycles. The largest absolute Gasteiger partial charge is 0.315 e. The van der Waals surface area contributed by atoms with Gasteiger partial charge in [-0.15, -0.1) is 0 Å². The maximum absolute atomic E-state index is 8.79. The monoisotopic (exact) mass is 343 g/mol. The molecule has 0 amide bonds. The van der Waals surface area contributed by atoms with Crippen LogP contribution >= 0.6 is 0 Å². The minimum Gasteiger partial charge on any atom is -0.315 e. The van der Waals surface area contributed by atoms with Crippen LogP contribution in [0.5, 0.6) is 0 Å². The zero-order valence-electron chi connectivity index (χ0n) is 15.9. The van der Waals surface area contributed by atoms with Gasteiger partial charge in [0, 0.05) is 25.2 Å². The van der Waals surface area contributed by atoms with Crippen molar-refractivity contribution in [2.24, 2.45) is 0 Å². The van der Waals surface area contributed by atoms with Gasteiger partial charge in [-0.25, -0.2) is 0 Å². The summed E-state index contributed by atoms with van der Waals surface area (Å²) in [5, 5.41) is 11.4. The Bertz CT molecular complexity index is 1010. The molecule has 3 nitrogen and oxygen atoms in total. The summed E-state index contributed by atoms with van der Waals surface area (Å²) < 4.78 is 0. The fraction of sp³-hybridized carbons (Fsp3) is 0.261. The molecule has 0 heterocycles. The first-order chi connectivity index (χ1) is 12.5. The zero-order valence-corrected chi connectivity index (χ0v) is 15.9. The molecule has 1 N–H and O–H groups in total. The standard InChI is InChI=1S/C23H25N3/c1-15-7-5-10-20(16(15)2)25(3)23(24)26(4)21-14-13-18-12-11-17-8-6-9-19(21)22(17)18/h5-10,13-14,24H,11-12H2,1-4H3. The van der Waals surface area contributed by atoms with Crippen LogP contribution < -0.4 is 9.80 Å². The SMILES string of the molecule is Cc1cccc(N(C)C(=N)N(C)c2ccc3c4c(cccc24)CC3)c1C. The molecule has 4 rings (SSSR count). The van der Waals surface area contributed by atoms with E-state index in [1.165, 1.54) is 33.0 Å². The molecular formula is C23H25N3. The Morgan fingerprint density at radius 3 is 2.23 bits per heavy atom. The third-order valence-electron chi connectivity index (χ3n) is 5.79. The van der Waals surface area contributed by atoms with Gasteiger partial charge in [0.25, 0.3) is 0 Å². The average Bonchev–Trinajstić information content (AvgIpc) is 3.08. The van der Waals surface area contributed by atoms with Crippen LogP contribution in [0.3, 0.4) is 0 Å². The van der Waals surface area contributed by atoms with E-state index in [1.807, 2.05) is 23.9 Å². The lowest BCUT2D eigenvalue weighted by Gasteiger charge is -2.30. The molecule has 0 atom stereocenters. The lowest BCUT2D eigenvalue weighted by molar-refractivity contribution is 1.02. The number of nitrogens with one attached hydrogen (secondary N) is 1. The molecule has 3 aromatic rings. The summed E-state index contributed by atoms with van der Waals surface area (Å²) in [7, 11) is 3.96. The van der Waals surface area contributed by atoms with Crippen LogP contribution in [0.1, 0.15) is 22.3 Å². The van der Waals surface area contributed by atoms with Gasteiger partial charge in [0.1, 0.15) is 0 Å². The van der Waals surface area contributed by atoms with Crippen molar-refractivity contribution in [3.8, 4) is 0 Å². The van der Waals surface area contributed by atoms with Crippen LogP contribution in [0, 0.1) is 19.3 Å². The second-order valence-corrected chi connectivity index (χ2v) is 7.24. The topological polar surface area (TPSA) is 30.3 Å². The van der Waals surface area contributed by atoms with Crippen LogP contribution in [-0.4, -0.2) is 20.1 Å². The smallest absolute Gasteiger partial charge is 0.202 e. The first kappa shape index (κ1) is 16.6. The van der Waals surface area contributed by atoms with Gasteiger partial charge in [0.15, 0.2) is 0 Å². The maximum atomic E-state index is 8.79. The predicted octanol–water partition coefficient (Wildman–Crippen LogP) is 5.06. The summed E-state index contributed by atoms with van der Waals surface area (Å²) in [6.07, 6.45) is 2.25. The Morgan fingerprint density at radius 2 is 1.46 bits per heavy atom.